The highest BCUT2D eigenvalue weighted by molar-refractivity contribution is 5.75. The second kappa shape index (κ2) is 16.1. The van der Waals surface area contributed by atoms with Gasteiger partial charge in [0.1, 0.15) is 11.9 Å². The summed E-state index contributed by atoms with van der Waals surface area (Å²) in [6, 6.07) is 0. The van der Waals surface area contributed by atoms with E-state index in [0.29, 0.717) is 18.8 Å². The molecule has 0 saturated heterocycles. The van der Waals surface area contributed by atoms with E-state index in [1.807, 2.05) is 0 Å². The lowest BCUT2D eigenvalue weighted by Gasteiger charge is -2.17. The van der Waals surface area contributed by atoms with E-state index in [9.17, 15) is 9.59 Å². The molecule has 0 radical (unpaired) electrons. The van der Waals surface area contributed by atoms with Crippen molar-refractivity contribution < 1.29 is 14.3 Å². The van der Waals surface area contributed by atoms with Crippen molar-refractivity contribution in [3.8, 4) is 0 Å². The van der Waals surface area contributed by atoms with E-state index in [0.717, 1.165) is 51.4 Å². The fourth-order valence-corrected chi connectivity index (χ4v) is 2.67. The number of hydrogen-bond donors (Lipinski definition) is 0. The van der Waals surface area contributed by atoms with Crippen LogP contribution in [0.1, 0.15) is 91.9 Å². The van der Waals surface area contributed by atoms with Crippen molar-refractivity contribution in [2.24, 2.45) is 5.92 Å². The summed E-state index contributed by atoms with van der Waals surface area (Å²) >= 11 is 0. The van der Waals surface area contributed by atoms with Crippen LogP contribution in [0.2, 0.25) is 0 Å². The zero-order valence-corrected chi connectivity index (χ0v) is 16.8. The summed E-state index contributed by atoms with van der Waals surface area (Å²) in [6.45, 7) is 8.06. The molecule has 3 heteroatoms. The van der Waals surface area contributed by atoms with Crippen LogP contribution >= 0.6 is 0 Å². The Kier molecular flexibility index (Phi) is 15.2. The van der Waals surface area contributed by atoms with Gasteiger partial charge in [-0.3, -0.25) is 4.79 Å². The lowest BCUT2D eigenvalue weighted by Crippen LogP contribution is -2.18. The van der Waals surface area contributed by atoms with Crippen molar-refractivity contribution in [1.82, 2.24) is 0 Å². The quantitative estimate of drug-likeness (QED) is 0.262. The van der Waals surface area contributed by atoms with Gasteiger partial charge in [0.2, 0.25) is 0 Å². The Morgan fingerprint density at radius 1 is 0.880 bits per heavy atom. The van der Waals surface area contributed by atoms with Gasteiger partial charge < -0.3 is 9.53 Å². The molecule has 0 rings (SSSR count). The largest absolute Gasteiger partial charge is 0.462 e. The Hall–Kier alpha value is -1.38. The number of allylic oxidation sites excluding steroid dienone is 3. The number of ether oxygens (including phenoxy) is 1. The van der Waals surface area contributed by atoms with Crippen molar-refractivity contribution in [3.63, 3.8) is 0 Å². The zero-order valence-electron chi connectivity index (χ0n) is 16.8. The molecule has 144 valence electrons. The molecular formula is C22H38O3. The first-order chi connectivity index (χ1) is 12.0. The predicted octanol–water partition coefficient (Wildman–Crippen LogP) is 6.18. The normalized spacial score (nSPS) is 14.1. The Morgan fingerprint density at radius 2 is 1.48 bits per heavy atom. The van der Waals surface area contributed by atoms with Crippen molar-refractivity contribution in [2.75, 3.05) is 0 Å². The highest BCUT2D eigenvalue weighted by Crippen LogP contribution is 2.16. The number of Topliss-reactive ketones (excluding diaryl/α,β-unsaturated/α-hetero) is 1. The average Bonchev–Trinajstić information content (AvgIpc) is 2.54. The first kappa shape index (κ1) is 23.6. The number of esters is 1. The van der Waals surface area contributed by atoms with Crippen molar-refractivity contribution in [3.05, 3.63) is 24.3 Å². The number of carbonyl (C=O) groups excluding carboxylic acids is 2. The molecule has 0 aliphatic rings. The molecule has 0 heterocycles. The van der Waals surface area contributed by atoms with E-state index < -0.39 is 0 Å². The van der Waals surface area contributed by atoms with E-state index in [1.54, 1.807) is 6.92 Å². The summed E-state index contributed by atoms with van der Waals surface area (Å²) in [5.74, 6) is 0.698. The molecule has 2 atom stereocenters. The highest BCUT2D eigenvalue weighted by Gasteiger charge is 2.14. The van der Waals surface area contributed by atoms with Crippen LogP contribution in [0.15, 0.2) is 24.3 Å². The number of ketones is 1. The van der Waals surface area contributed by atoms with E-state index in [2.05, 4.69) is 45.1 Å². The lowest BCUT2D eigenvalue weighted by atomic mass is 10.00. The summed E-state index contributed by atoms with van der Waals surface area (Å²) in [5, 5.41) is 0. The Labute approximate surface area is 154 Å². The molecule has 0 saturated carbocycles. The molecular weight excluding hydrogens is 312 g/mol. The summed E-state index contributed by atoms with van der Waals surface area (Å²) in [5.41, 5.74) is 0. The lowest BCUT2D eigenvalue weighted by molar-refractivity contribution is -0.149. The smallest absolute Gasteiger partial charge is 0.306 e. The zero-order chi connectivity index (χ0) is 18.9. The number of carbonyl (C=O) groups is 2. The number of rotatable bonds is 15. The molecule has 0 aromatic carbocycles. The van der Waals surface area contributed by atoms with Crippen LogP contribution in [0.4, 0.5) is 0 Å². The van der Waals surface area contributed by atoms with Crippen LogP contribution in [0.3, 0.4) is 0 Å². The van der Waals surface area contributed by atoms with E-state index in [4.69, 9.17) is 4.74 Å². The monoisotopic (exact) mass is 350 g/mol. The molecule has 0 bridgehead atoms. The predicted molar refractivity (Wildman–Crippen MR) is 106 cm³/mol. The maximum atomic E-state index is 12.1. The van der Waals surface area contributed by atoms with Gasteiger partial charge >= 0.3 is 5.97 Å². The van der Waals surface area contributed by atoms with E-state index in [1.165, 1.54) is 0 Å². The standard InChI is InChI=1S/C22H38O3/c1-5-7-9-13-19(3)14-11-18-22(24)25-21(16-10-8-6-2)17-12-15-20(4)23/h7-10,19,21H,5-6,11-18H2,1-4H3/b9-7-,10-8-. The third-order valence-electron chi connectivity index (χ3n) is 4.17. The molecule has 0 aromatic rings. The van der Waals surface area contributed by atoms with Crippen molar-refractivity contribution in [1.29, 1.82) is 0 Å². The first-order valence-corrected chi connectivity index (χ1v) is 9.98. The fourth-order valence-electron chi connectivity index (χ4n) is 2.67. The fraction of sp³-hybridized carbons (Fsp3) is 0.727. The van der Waals surface area contributed by atoms with Gasteiger partial charge in [-0.15, -0.1) is 0 Å². The molecule has 0 N–H and O–H groups in total. The van der Waals surface area contributed by atoms with Crippen LogP contribution in [0, 0.1) is 5.92 Å². The molecule has 0 fully saturated rings. The van der Waals surface area contributed by atoms with Crippen LogP contribution < -0.4 is 0 Å². The van der Waals surface area contributed by atoms with Crippen LogP contribution in [-0.2, 0) is 14.3 Å². The van der Waals surface area contributed by atoms with Crippen LogP contribution in [0.5, 0.6) is 0 Å². The summed E-state index contributed by atoms with van der Waals surface area (Å²) in [4.78, 5) is 23.2. The Balaban J connectivity index is 4.14. The van der Waals surface area contributed by atoms with Gasteiger partial charge in [0.05, 0.1) is 0 Å². The molecule has 2 unspecified atom stereocenters. The molecule has 0 amide bonds. The molecule has 0 aliphatic carbocycles. The second-order valence-electron chi connectivity index (χ2n) is 6.93. The minimum absolute atomic E-state index is 0.0976. The Bertz CT molecular complexity index is 409. The van der Waals surface area contributed by atoms with Crippen molar-refractivity contribution >= 4 is 11.8 Å². The van der Waals surface area contributed by atoms with Gasteiger partial charge in [0.15, 0.2) is 0 Å². The maximum absolute atomic E-state index is 12.1. The third-order valence-corrected chi connectivity index (χ3v) is 4.17. The van der Waals surface area contributed by atoms with Gasteiger partial charge in [-0.05, 0) is 57.8 Å². The molecule has 0 spiro atoms. The minimum Gasteiger partial charge on any atom is -0.462 e. The molecule has 3 nitrogen and oxygen atoms in total. The first-order valence-electron chi connectivity index (χ1n) is 9.98. The number of hydrogen-bond acceptors (Lipinski definition) is 3. The topological polar surface area (TPSA) is 43.4 Å². The van der Waals surface area contributed by atoms with Gasteiger partial charge in [-0.2, -0.15) is 0 Å². The van der Waals surface area contributed by atoms with Crippen LogP contribution in [-0.4, -0.2) is 17.9 Å². The molecule has 0 aliphatic heterocycles. The highest BCUT2D eigenvalue weighted by atomic mass is 16.5. The second-order valence-corrected chi connectivity index (χ2v) is 6.93. The maximum Gasteiger partial charge on any atom is 0.306 e. The minimum atomic E-state index is -0.103. The third kappa shape index (κ3) is 15.9. The SMILES string of the molecule is CC/C=C\CC(C)CCCC(=O)OC(C/C=C\CC)CCCC(C)=O. The van der Waals surface area contributed by atoms with Crippen LogP contribution in [0.25, 0.3) is 0 Å². The Morgan fingerprint density at radius 3 is 2.08 bits per heavy atom. The summed E-state index contributed by atoms with van der Waals surface area (Å²) in [6.07, 6.45) is 16.9. The van der Waals surface area contributed by atoms with Gasteiger partial charge in [-0.1, -0.05) is 45.1 Å². The van der Waals surface area contributed by atoms with Gasteiger partial charge in [0.25, 0.3) is 0 Å². The molecule has 25 heavy (non-hydrogen) atoms. The van der Waals surface area contributed by atoms with Gasteiger partial charge in [0, 0.05) is 19.3 Å². The molecule has 0 aromatic heterocycles. The van der Waals surface area contributed by atoms with Crippen molar-refractivity contribution in [2.45, 2.75) is 98.0 Å². The summed E-state index contributed by atoms with van der Waals surface area (Å²) < 4.78 is 5.64. The van der Waals surface area contributed by atoms with E-state index >= 15 is 0 Å². The van der Waals surface area contributed by atoms with Gasteiger partial charge in [-0.25, -0.2) is 0 Å². The average molecular weight is 351 g/mol. The summed E-state index contributed by atoms with van der Waals surface area (Å²) in [7, 11) is 0. The van der Waals surface area contributed by atoms with E-state index in [-0.39, 0.29) is 17.9 Å².